The van der Waals surface area contributed by atoms with Crippen LogP contribution in [0.15, 0.2) is 72.3 Å². The van der Waals surface area contributed by atoms with Gasteiger partial charge in [0.15, 0.2) is 0 Å². The molecule has 0 spiro atoms. The number of Topliss-reactive ketones (excluding diaryl/α,β-unsaturated/α-hetero) is 1. The first-order valence-electron chi connectivity index (χ1n) is 11.1. The number of benzene rings is 3. The molecule has 1 unspecified atom stereocenters. The number of rotatable bonds is 4. The normalized spacial score (nSPS) is 18.8. The summed E-state index contributed by atoms with van der Waals surface area (Å²) >= 11 is 0. The Morgan fingerprint density at radius 1 is 1.06 bits per heavy atom. The zero-order valence-corrected chi connectivity index (χ0v) is 19.0. The van der Waals surface area contributed by atoms with Crippen LogP contribution in [0.5, 0.6) is 11.5 Å². The Bertz CT molecular complexity index is 1410. The second-order valence-corrected chi connectivity index (χ2v) is 8.41. The van der Waals surface area contributed by atoms with Gasteiger partial charge in [0.05, 0.1) is 30.9 Å². The maximum absolute atomic E-state index is 13.4. The Morgan fingerprint density at radius 2 is 1.83 bits per heavy atom. The highest BCUT2D eigenvalue weighted by Gasteiger charge is 2.47. The largest absolute Gasteiger partial charge is 0.507 e. The van der Waals surface area contributed by atoms with E-state index in [9.17, 15) is 27.9 Å². The van der Waals surface area contributed by atoms with Crippen molar-refractivity contribution in [1.29, 1.82) is 0 Å². The van der Waals surface area contributed by atoms with E-state index in [1.54, 1.807) is 42.5 Å². The van der Waals surface area contributed by atoms with Crippen LogP contribution in [0.25, 0.3) is 5.76 Å². The van der Waals surface area contributed by atoms with Gasteiger partial charge in [0.25, 0.3) is 11.7 Å². The summed E-state index contributed by atoms with van der Waals surface area (Å²) in [7, 11) is 1.44. The molecule has 1 saturated heterocycles. The number of aliphatic hydroxyl groups excluding tert-OH is 1. The molecule has 9 heteroatoms. The van der Waals surface area contributed by atoms with Crippen LogP contribution < -0.4 is 14.4 Å². The number of anilines is 1. The van der Waals surface area contributed by atoms with Crippen LogP contribution in [0.1, 0.15) is 28.3 Å². The molecule has 2 aliphatic heterocycles. The first kappa shape index (κ1) is 23.5. The topological polar surface area (TPSA) is 76.1 Å². The highest BCUT2D eigenvalue weighted by Crippen LogP contribution is 2.44. The van der Waals surface area contributed by atoms with Gasteiger partial charge in [-0.2, -0.15) is 13.2 Å². The van der Waals surface area contributed by atoms with E-state index < -0.39 is 35.2 Å². The third kappa shape index (κ3) is 3.96. The van der Waals surface area contributed by atoms with E-state index in [-0.39, 0.29) is 11.3 Å². The van der Waals surface area contributed by atoms with Crippen molar-refractivity contribution in [3.05, 3.63) is 94.6 Å². The lowest BCUT2D eigenvalue weighted by molar-refractivity contribution is -0.137. The molecule has 3 aromatic rings. The second-order valence-electron chi connectivity index (χ2n) is 8.41. The van der Waals surface area contributed by atoms with Crippen molar-refractivity contribution in [2.24, 2.45) is 0 Å². The van der Waals surface area contributed by atoms with E-state index in [2.05, 4.69) is 0 Å². The Labute approximate surface area is 204 Å². The summed E-state index contributed by atoms with van der Waals surface area (Å²) in [5.41, 5.74) is 0.200. The number of aliphatic hydroxyl groups is 1. The van der Waals surface area contributed by atoms with Crippen LogP contribution in [0, 0.1) is 0 Å². The third-order valence-electron chi connectivity index (χ3n) is 6.27. The van der Waals surface area contributed by atoms with E-state index in [4.69, 9.17) is 9.47 Å². The lowest BCUT2D eigenvalue weighted by Gasteiger charge is -2.26. The summed E-state index contributed by atoms with van der Waals surface area (Å²) in [5.74, 6) is -1.40. The number of amides is 1. The molecule has 3 aromatic carbocycles. The number of carbonyl (C=O) groups is 2. The highest BCUT2D eigenvalue weighted by atomic mass is 19.4. The number of ether oxygens (including phenoxy) is 2. The zero-order chi connectivity index (χ0) is 25.6. The first-order valence-corrected chi connectivity index (χ1v) is 11.1. The van der Waals surface area contributed by atoms with Crippen LogP contribution in [0.3, 0.4) is 0 Å². The molecule has 0 aromatic heterocycles. The van der Waals surface area contributed by atoms with Crippen molar-refractivity contribution in [1.82, 2.24) is 0 Å². The average molecular weight is 495 g/mol. The van der Waals surface area contributed by atoms with Gasteiger partial charge in [0, 0.05) is 17.7 Å². The Balaban J connectivity index is 1.71. The standard InChI is InChI=1S/C27H20F3NO5/c1-35-20-7-2-4-16(13-20)23-22(24(32)17-8-9-21-15(12-17)10-11-36-21)25(33)26(34)31(23)19-6-3-5-18(14-19)27(28,29)30/h2-9,12-14,23,32H,10-11H2,1H3/b24-22-. The molecule has 1 fully saturated rings. The van der Waals surface area contributed by atoms with Gasteiger partial charge < -0.3 is 14.6 Å². The summed E-state index contributed by atoms with van der Waals surface area (Å²) in [6, 6.07) is 14.4. The molecule has 0 radical (unpaired) electrons. The van der Waals surface area contributed by atoms with Gasteiger partial charge in [-0.25, -0.2) is 0 Å². The van der Waals surface area contributed by atoms with E-state index in [0.717, 1.165) is 22.6 Å². The Hall–Kier alpha value is -4.27. The number of ketones is 1. The molecule has 5 rings (SSSR count). The van der Waals surface area contributed by atoms with E-state index in [1.807, 2.05) is 0 Å². The summed E-state index contributed by atoms with van der Waals surface area (Å²) in [6.45, 7) is 0.489. The number of alkyl halides is 3. The molecule has 6 nitrogen and oxygen atoms in total. The monoisotopic (exact) mass is 495 g/mol. The fraction of sp³-hybridized carbons (Fsp3) is 0.185. The Morgan fingerprint density at radius 3 is 2.58 bits per heavy atom. The van der Waals surface area contributed by atoms with Crippen molar-refractivity contribution in [2.45, 2.75) is 18.6 Å². The molecular weight excluding hydrogens is 475 g/mol. The molecule has 2 heterocycles. The highest BCUT2D eigenvalue weighted by molar-refractivity contribution is 6.51. The summed E-state index contributed by atoms with van der Waals surface area (Å²) in [6.07, 6.45) is -4.03. The number of fused-ring (bicyclic) bond motifs is 1. The molecule has 0 saturated carbocycles. The van der Waals surface area contributed by atoms with Gasteiger partial charge in [0.2, 0.25) is 0 Å². The quantitative estimate of drug-likeness (QED) is 0.303. The zero-order valence-electron chi connectivity index (χ0n) is 19.0. The van der Waals surface area contributed by atoms with Gasteiger partial charge in [-0.3, -0.25) is 14.5 Å². The van der Waals surface area contributed by atoms with Crippen molar-refractivity contribution in [3.63, 3.8) is 0 Å². The minimum Gasteiger partial charge on any atom is -0.507 e. The first-order chi connectivity index (χ1) is 17.2. The number of halogens is 3. The van der Waals surface area contributed by atoms with Crippen LogP contribution in [0.2, 0.25) is 0 Å². The lowest BCUT2D eigenvalue weighted by Crippen LogP contribution is -2.29. The maximum Gasteiger partial charge on any atom is 0.416 e. The maximum atomic E-state index is 13.4. The van der Waals surface area contributed by atoms with Crippen molar-refractivity contribution < 1.29 is 37.3 Å². The molecule has 0 bridgehead atoms. The number of hydrogen-bond acceptors (Lipinski definition) is 5. The predicted molar refractivity (Wildman–Crippen MR) is 125 cm³/mol. The SMILES string of the molecule is COc1cccc(C2/C(=C(/O)c3ccc4c(c3)CCO4)C(=O)C(=O)N2c2cccc(C(F)(F)F)c2)c1. The smallest absolute Gasteiger partial charge is 0.416 e. The molecule has 184 valence electrons. The summed E-state index contributed by atoms with van der Waals surface area (Å²) in [5, 5.41) is 11.3. The van der Waals surface area contributed by atoms with Crippen LogP contribution in [-0.2, 0) is 22.2 Å². The van der Waals surface area contributed by atoms with Gasteiger partial charge >= 0.3 is 6.18 Å². The van der Waals surface area contributed by atoms with Gasteiger partial charge in [-0.15, -0.1) is 0 Å². The summed E-state index contributed by atoms with van der Waals surface area (Å²) < 4.78 is 51.1. The van der Waals surface area contributed by atoms with Crippen LogP contribution in [-0.4, -0.2) is 30.5 Å². The van der Waals surface area contributed by atoms with Crippen LogP contribution in [0.4, 0.5) is 18.9 Å². The number of hydrogen-bond donors (Lipinski definition) is 1. The minimum atomic E-state index is -4.65. The fourth-order valence-corrected chi connectivity index (χ4v) is 4.55. The van der Waals surface area contributed by atoms with Crippen molar-refractivity contribution in [3.8, 4) is 11.5 Å². The molecule has 2 aliphatic rings. The van der Waals surface area contributed by atoms with E-state index >= 15 is 0 Å². The Kier molecular flexibility index (Phi) is 5.70. The number of nitrogens with zero attached hydrogens (tertiary/aromatic N) is 1. The van der Waals surface area contributed by atoms with E-state index in [0.29, 0.717) is 35.7 Å². The van der Waals surface area contributed by atoms with Gasteiger partial charge in [-0.1, -0.05) is 18.2 Å². The molecule has 1 N–H and O–H groups in total. The predicted octanol–water partition coefficient (Wildman–Crippen LogP) is 5.28. The van der Waals surface area contributed by atoms with Gasteiger partial charge in [-0.05, 0) is 59.7 Å². The van der Waals surface area contributed by atoms with Gasteiger partial charge in [0.1, 0.15) is 17.3 Å². The molecule has 1 atom stereocenters. The molecule has 1 amide bonds. The van der Waals surface area contributed by atoms with Crippen LogP contribution >= 0.6 is 0 Å². The average Bonchev–Trinajstić information content (AvgIpc) is 3.45. The minimum absolute atomic E-state index is 0.124. The second kappa shape index (κ2) is 8.75. The van der Waals surface area contributed by atoms with E-state index in [1.165, 1.54) is 19.2 Å². The van der Waals surface area contributed by atoms with Crippen molar-refractivity contribution >= 4 is 23.1 Å². The molecule has 36 heavy (non-hydrogen) atoms. The lowest BCUT2D eigenvalue weighted by atomic mass is 9.94. The fourth-order valence-electron chi connectivity index (χ4n) is 4.55. The van der Waals surface area contributed by atoms with Crippen molar-refractivity contribution in [2.75, 3.05) is 18.6 Å². The summed E-state index contributed by atoms with van der Waals surface area (Å²) in [4.78, 5) is 27.5. The number of carbonyl (C=O) groups excluding carboxylic acids is 2. The molecular formula is C27H20F3NO5. The number of methoxy groups -OCH3 is 1. The molecule has 0 aliphatic carbocycles. The third-order valence-corrected chi connectivity index (χ3v) is 6.27.